The van der Waals surface area contributed by atoms with E-state index in [0.29, 0.717) is 6.42 Å². The van der Waals surface area contributed by atoms with Crippen molar-refractivity contribution in [1.82, 2.24) is 0 Å². The number of Topliss-reactive ketones (excluding diaryl/α,β-unsaturated/α-hetero) is 1. The molecule has 2 aliphatic rings. The number of ketones is 1. The van der Waals surface area contributed by atoms with Gasteiger partial charge in [0, 0.05) is 29.8 Å². The van der Waals surface area contributed by atoms with Gasteiger partial charge in [-0.15, -0.1) is 0 Å². The molecular formula is C21H21N3O3. The highest BCUT2D eigenvalue weighted by molar-refractivity contribution is 6.01. The van der Waals surface area contributed by atoms with Gasteiger partial charge in [-0.3, -0.25) is 14.9 Å². The number of hydrogen-bond acceptors (Lipinski definition) is 5. The number of carbonyl (C=O) groups excluding carboxylic acids is 1. The molecule has 0 unspecified atom stereocenters. The van der Waals surface area contributed by atoms with E-state index >= 15 is 0 Å². The lowest BCUT2D eigenvalue weighted by molar-refractivity contribution is -0.384. The van der Waals surface area contributed by atoms with Crippen LogP contribution in [0.3, 0.4) is 0 Å². The van der Waals surface area contributed by atoms with Crippen LogP contribution in [0.5, 0.6) is 0 Å². The Morgan fingerprint density at radius 3 is 2.37 bits per heavy atom. The predicted molar refractivity (Wildman–Crippen MR) is 105 cm³/mol. The van der Waals surface area contributed by atoms with Crippen LogP contribution in [0.1, 0.15) is 38.3 Å². The highest BCUT2D eigenvalue weighted by atomic mass is 16.6. The van der Waals surface area contributed by atoms with Crippen LogP contribution in [0.25, 0.3) is 0 Å². The average Bonchev–Trinajstić information content (AvgIpc) is 2.77. The van der Waals surface area contributed by atoms with Crippen molar-refractivity contribution in [2.45, 2.75) is 32.7 Å². The number of anilines is 2. The summed E-state index contributed by atoms with van der Waals surface area (Å²) >= 11 is 0. The number of nitrogens with one attached hydrogen (secondary N) is 2. The summed E-state index contributed by atoms with van der Waals surface area (Å²) in [6.07, 6.45) is 1.25. The normalized spacial score (nSPS) is 20.7. The first kappa shape index (κ1) is 17.3. The van der Waals surface area contributed by atoms with Crippen LogP contribution in [-0.2, 0) is 4.79 Å². The van der Waals surface area contributed by atoms with Crippen LogP contribution in [0.4, 0.5) is 17.1 Å². The van der Waals surface area contributed by atoms with E-state index < -0.39 is 4.92 Å². The van der Waals surface area contributed by atoms with Gasteiger partial charge in [0.25, 0.3) is 5.69 Å². The minimum atomic E-state index is -0.417. The molecule has 0 amide bonds. The molecule has 0 aromatic heterocycles. The number of para-hydroxylation sites is 2. The second kappa shape index (κ2) is 6.23. The molecule has 2 aromatic carbocycles. The summed E-state index contributed by atoms with van der Waals surface area (Å²) in [5, 5.41) is 17.9. The molecule has 1 heterocycles. The molecular weight excluding hydrogens is 342 g/mol. The molecule has 138 valence electrons. The van der Waals surface area contributed by atoms with Gasteiger partial charge in [0.05, 0.1) is 22.3 Å². The predicted octanol–water partition coefficient (Wildman–Crippen LogP) is 4.82. The molecule has 2 aromatic rings. The quantitative estimate of drug-likeness (QED) is 0.590. The van der Waals surface area contributed by atoms with E-state index in [4.69, 9.17) is 0 Å². The summed E-state index contributed by atoms with van der Waals surface area (Å²) in [4.78, 5) is 23.6. The SMILES string of the molecule is CC1(C)CC(=O)C2=C(C1)Nc1ccccc1N[C@H]2c1ccc([N+](=O)[O-])cc1. The van der Waals surface area contributed by atoms with Gasteiger partial charge in [0.2, 0.25) is 0 Å². The second-order valence-electron chi connectivity index (χ2n) is 7.93. The summed E-state index contributed by atoms with van der Waals surface area (Å²) < 4.78 is 0. The van der Waals surface area contributed by atoms with Crippen LogP contribution in [0, 0.1) is 15.5 Å². The fourth-order valence-electron chi connectivity index (χ4n) is 3.93. The molecule has 0 bridgehead atoms. The smallest absolute Gasteiger partial charge is 0.269 e. The molecule has 4 rings (SSSR count). The van der Waals surface area contributed by atoms with Gasteiger partial charge in [0.15, 0.2) is 5.78 Å². The molecule has 0 fully saturated rings. The Hall–Kier alpha value is -3.15. The lowest BCUT2D eigenvalue weighted by atomic mass is 9.73. The maximum absolute atomic E-state index is 13.1. The van der Waals surface area contributed by atoms with E-state index in [1.54, 1.807) is 12.1 Å². The zero-order chi connectivity index (χ0) is 19.2. The molecule has 0 saturated heterocycles. The summed E-state index contributed by atoms with van der Waals surface area (Å²) in [7, 11) is 0. The Kier molecular flexibility index (Phi) is 3.98. The highest BCUT2D eigenvalue weighted by Gasteiger charge is 2.38. The summed E-state index contributed by atoms with van der Waals surface area (Å²) in [5.74, 6) is 0.109. The molecule has 2 N–H and O–H groups in total. The number of nitro benzene ring substituents is 1. The largest absolute Gasteiger partial charge is 0.372 e. The molecule has 1 atom stereocenters. The first-order valence-electron chi connectivity index (χ1n) is 8.97. The van der Waals surface area contributed by atoms with Gasteiger partial charge in [-0.25, -0.2) is 0 Å². The maximum Gasteiger partial charge on any atom is 0.269 e. The third-order valence-electron chi connectivity index (χ3n) is 5.16. The molecule has 0 radical (unpaired) electrons. The van der Waals surface area contributed by atoms with Gasteiger partial charge in [-0.1, -0.05) is 26.0 Å². The number of nitro groups is 1. The zero-order valence-electron chi connectivity index (χ0n) is 15.3. The summed E-state index contributed by atoms with van der Waals surface area (Å²) in [6, 6.07) is 13.9. The minimum Gasteiger partial charge on any atom is -0.372 e. The molecule has 0 spiro atoms. The van der Waals surface area contributed by atoms with Crippen molar-refractivity contribution in [3.8, 4) is 0 Å². The molecule has 0 saturated carbocycles. The van der Waals surface area contributed by atoms with Gasteiger partial charge in [-0.05, 0) is 41.7 Å². The van der Waals surface area contributed by atoms with Crippen molar-refractivity contribution in [2.24, 2.45) is 5.41 Å². The number of carbonyl (C=O) groups is 1. The number of hydrogen-bond donors (Lipinski definition) is 2. The van der Waals surface area contributed by atoms with Crippen molar-refractivity contribution in [1.29, 1.82) is 0 Å². The van der Waals surface area contributed by atoms with E-state index in [0.717, 1.165) is 34.6 Å². The number of nitrogens with zero attached hydrogens (tertiary/aromatic N) is 1. The van der Waals surface area contributed by atoms with Gasteiger partial charge in [-0.2, -0.15) is 0 Å². The number of non-ortho nitro benzene ring substituents is 1. The maximum atomic E-state index is 13.1. The standard InChI is InChI=1S/C21H21N3O3/c1-21(2)11-17-19(18(25)12-21)20(13-7-9-14(10-8-13)24(26)27)23-16-6-4-3-5-15(16)22-17/h3-10,20,22-23H,11-12H2,1-2H3/t20-/m0/s1. The Morgan fingerprint density at radius 2 is 1.70 bits per heavy atom. The third kappa shape index (κ3) is 3.18. The van der Waals surface area contributed by atoms with Crippen LogP contribution < -0.4 is 10.6 Å². The van der Waals surface area contributed by atoms with Crippen molar-refractivity contribution < 1.29 is 9.72 Å². The lowest BCUT2D eigenvalue weighted by Gasteiger charge is -2.34. The van der Waals surface area contributed by atoms with Crippen molar-refractivity contribution in [3.05, 3.63) is 75.5 Å². The van der Waals surface area contributed by atoms with E-state index in [9.17, 15) is 14.9 Å². The number of fused-ring (bicyclic) bond motifs is 1. The highest BCUT2D eigenvalue weighted by Crippen LogP contribution is 2.45. The van der Waals surface area contributed by atoms with Crippen molar-refractivity contribution in [2.75, 3.05) is 10.6 Å². The van der Waals surface area contributed by atoms with Crippen LogP contribution in [0.15, 0.2) is 59.8 Å². The van der Waals surface area contributed by atoms with Crippen molar-refractivity contribution in [3.63, 3.8) is 0 Å². The molecule has 6 heteroatoms. The summed E-state index contributed by atoms with van der Waals surface area (Å²) in [5.41, 5.74) is 4.25. The molecule has 1 aliphatic carbocycles. The topological polar surface area (TPSA) is 84.3 Å². The Labute approximate surface area is 157 Å². The Balaban J connectivity index is 1.84. The Morgan fingerprint density at radius 1 is 1.04 bits per heavy atom. The summed E-state index contributed by atoms with van der Waals surface area (Å²) in [6.45, 7) is 4.20. The number of allylic oxidation sites excluding steroid dienone is 1. The third-order valence-corrected chi connectivity index (χ3v) is 5.16. The second-order valence-corrected chi connectivity index (χ2v) is 7.93. The fraction of sp³-hybridized carbons (Fsp3) is 0.286. The number of benzene rings is 2. The zero-order valence-corrected chi connectivity index (χ0v) is 15.3. The van der Waals surface area contributed by atoms with E-state index in [-0.39, 0.29) is 22.9 Å². The number of rotatable bonds is 2. The van der Waals surface area contributed by atoms with Crippen molar-refractivity contribution >= 4 is 22.8 Å². The average molecular weight is 363 g/mol. The fourth-order valence-corrected chi connectivity index (χ4v) is 3.93. The molecule has 1 aliphatic heterocycles. The van der Waals surface area contributed by atoms with E-state index in [1.807, 2.05) is 24.3 Å². The first-order valence-corrected chi connectivity index (χ1v) is 8.97. The van der Waals surface area contributed by atoms with E-state index in [2.05, 4.69) is 24.5 Å². The monoisotopic (exact) mass is 363 g/mol. The van der Waals surface area contributed by atoms with Gasteiger partial charge >= 0.3 is 0 Å². The van der Waals surface area contributed by atoms with Crippen LogP contribution in [-0.4, -0.2) is 10.7 Å². The Bertz CT molecular complexity index is 961. The van der Waals surface area contributed by atoms with E-state index in [1.165, 1.54) is 12.1 Å². The first-order chi connectivity index (χ1) is 12.8. The molecule has 6 nitrogen and oxygen atoms in total. The van der Waals surface area contributed by atoms with Crippen LogP contribution in [0.2, 0.25) is 0 Å². The molecule has 27 heavy (non-hydrogen) atoms. The minimum absolute atomic E-state index is 0.0382. The van der Waals surface area contributed by atoms with Crippen LogP contribution >= 0.6 is 0 Å². The van der Waals surface area contributed by atoms with Gasteiger partial charge < -0.3 is 10.6 Å². The van der Waals surface area contributed by atoms with Gasteiger partial charge in [0.1, 0.15) is 0 Å². The lowest BCUT2D eigenvalue weighted by Crippen LogP contribution is -2.31.